The third-order valence-corrected chi connectivity index (χ3v) is 4.21. The molecule has 0 spiro atoms. The van der Waals surface area contributed by atoms with Gasteiger partial charge in [-0.15, -0.1) is 0 Å². The van der Waals surface area contributed by atoms with Gasteiger partial charge in [0, 0.05) is 5.56 Å². The zero-order valence-corrected chi connectivity index (χ0v) is 15.1. The van der Waals surface area contributed by atoms with E-state index >= 15 is 0 Å². The minimum atomic E-state index is -0.777. The second-order valence-corrected chi connectivity index (χ2v) is 6.03. The van der Waals surface area contributed by atoms with Crippen molar-refractivity contribution >= 4 is 23.9 Å². The van der Waals surface area contributed by atoms with E-state index < -0.39 is 30.5 Å². The molecule has 1 aliphatic heterocycles. The van der Waals surface area contributed by atoms with Gasteiger partial charge in [0.05, 0.1) is 12.7 Å². The summed E-state index contributed by atoms with van der Waals surface area (Å²) in [4.78, 5) is 35.9. The second kappa shape index (κ2) is 9.03. The molecule has 0 aromatic heterocycles. The van der Waals surface area contributed by atoms with Gasteiger partial charge >= 0.3 is 11.9 Å². The number of nitrogens with one attached hydrogen (secondary N) is 1. The molecule has 0 bridgehead atoms. The number of hydrogen-bond donors (Lipinski definition) is 1. The van der Waals surface area contributed by atoms with Crippen LogP contribution >= 0.6 is 0 Å². The first-order valence-electron chi connectivity index (χ1n) is 8.43. The van der Waals surface area contributed by atoms with Crippen molar-refractivity contribution in [3.8, 4) is 5.75 Å². The van der Waals surface area contributed by atoms with Crippen molar-refractivity contribution in [1.29, 1.82) is 0 Å². The van der Waals surface area contributed by atoms with E-state index in [0.29, 0.717) is 17.7 Å². The first-order valence-corrected chi connectivity index (χ1v) is 8.43. The van der Waals surface area contributed by atoms with Crippen LogP contribution < -0.4 is 10.1 Å². The maximum atomic E-state index is 12.1. The number of carbonyl (C=O) groups excluding carboxylic acids is 3. The summed E-state index contributed by atoms with van der Waals surface area (Å²) >= 11 is 0. The fourth-order valence-corrected chi connectivity index (χ4v) is 2.47. The van der Waals surface area contributed by atoms with Gasteiger partial charge in [0.2, 0.25) is 0 Å². The average Bonchev–Trinajstić information content (AvgIpc) is 2.68. The van der Waals surface area contributed by atoms with Gasteiger partial charge in [-0.25, -0.2) is 9.59 Å². The molecule has 0 radical (unpaired) electrons. The molecule has 7 heteroatoms. The summed E-state index contributed by atoms with van der Waals surface area (Å²) in [6.07, 6.45) is 2.36. The molecule has 26 heavy (non-hydrogen) atoms. The summed E-state index contributed by atoms with van der Waals surface area (Å²) in [6, 6.07) is 6.53. The lowest BCUT2D eigenvalue weighted by Gasteiger charge is -2.22. The Morgan fingerprint density at radius 2 is 2.00 bits per heavy atom. The maximum Gasteiger partial charge on any atom is 0.338 e. The normalized spacial score (nSPS) is 14.8. The Balaban J connectivity index is 1.92. The van der Waals surface area contributed by atoms with Crippen LogP contribution in [-0.4, -0.2) is 44.2 Å². The molecule has 0 fully saturated rings. The molecule has 2 atom stereocenters. The number of fused-ring (bicyclic) bond motifs is 1. The number of esters is 2. The van der Waals surface area contributed by atoms with E-state index in [1.807, 2.05) is 38.1 Å². The van der Waals surface area contributed by atoms with Crippen LogP contribution in [0, 0.1) is 5.92 Å². The second-order valence-electron chi connectivity index (χ2n) is 6.03. The van der Waals surface area contributed by atoms with Gasteiger partial charge in [0.1, 0.15) is 18.4 Å². The Kier molecular flexibility index (Phi) is 6.77. The monoisotopic (exact) mass is 361 g/mol. The minimum Gasteiger partial charge on any atom is -0.488 e. The van der Waals surface area contributed by atoms with Crippen molar-refractivity contribution in [2.75, 3.05) is 20.3 Å². The van der Waals surface area contributed by atoms with Gasteiger partial charge in [-0.2, -0.15) is 0 Å². The maximum absolute atomic E-state index is 12.1. The molecule has 2 rings (SSSR count). The Hall–Kier alpha value is -2.83. The first-order chi connectivity index (χ1) is 12.5. The number of rotatable bonds is 7. The van der Waals surface area contributed by atoms with Crippen LogP contribution in [0.3, 0.4) is 0 Å². The number of methoxy groups -OCH3 is 1. The summed E-state index contributed by atoms with van der Waals surface area (Å²) in [5.41, 5.74) is 1.10. The molecule has 0 aliphatic carbocycles. The van der Waals surface area contributed by atoms with E-state index in [9.17, 15) is 14.4 Å². The molecule has 1 N–H and O–H groups in total. The number of para-hydroxylation sites is 1. The zero-order valence-electron chi connectivity index (χ0n) is 15.1. The summed E-state index contributed by atoms with van der Waals surface area (Å²) in [7, 11) is 1.26. The van der Waals surface area contributed by atoms with E-state index in [-0.39, 0.29) is 12.5 Å². The van der Waals surface area contributed by atoms with Crippen LogP contribution in [0.1, 0.15) is 25.8 Å². The predicted octanol–water partition coefficient (Wildman–Crippen LogP) is 1.71. The Labute approximate surface area is 152 Å². The summed E-state index contributed by atoms with van der Waals surface area (Å²) in [5, 5.41) is 2.55. The zero-order chi connectivity index (χ0) is 19.1. The topological polar surface area (TPSA) is 90.9 Å². The molecule has 1 aromatic carbocycles. The van der Waals surface area contributed by atoms with Crippen molar-refractivity contribution in [1.82, 2.24) is 5.32 Å². The number of amides is 1. The van der Waals surface area contributed by atoms with Crippen molar-refractivity contribution in [2.24, 2.45) is 5.92 Å². The Morgan fingerprint density at radius 3 is 2.69 bits per heavy atom. The predicted molar refractivity (Wildman–Crippen MR) is 94.3 cm³/mol. The van der Waals surface area contributed by atoms with E-state index in [1.165, 1.54) is 7.11 Å². The highest BCUT2D eigenvalue weighted by Crippen LogP contribution is 2.26. The van der Waals surface area contributed by atoms with Gasteiger partial charge in [-0.05, 0) is 18.1 Å². The average molecular weight is 361 g/mol. The highest BCUT2D eigenvalue weighted by Gasteiger charge is 2.27. The van der Waals surface area contributed by atoms with Crippen molar-refractivity contribution < 1.29 is 28.6 Å². The molecule has 1 amide bonds. The molecule has 1 heterocycles. The van der Waals surface area contributed by atoms with Gasteiger partial charge < -0.3 is 19.5 Å². The van der Waals surface area contributed by atoms with Gasteiger partial charge in [0.15, 0.2) is 6.61 Å². The molecule has 1 aliphatic rings. The molecule has 1 aromatic rings. The quantitative estimate of drug-likeness (QED) is 0.744. The highest BCUT2D eigenvalue weighted by molar-refractivity contribution is 5.96. The number of hydrogen-bond acceptors (Lipinski definition) is 6. The number of ether oxygens (including phenoxy) is 3. The molecular weight excluding hydrogens is 338 g/mol. The van der Waals surface area contributed by atoms with Crippen molar-refractivity contribution in [3.63, 3.8) is 0 Å². The SMILES string of the molecule is CC[C@H](C)[C@H](NC(=O)COC(=O)C1=Cc2ccccc2OC1)C(=O)OC. The highest BCUT2D eigenvalue weighted by atomic mass is 16.5. The fourth-order valence-electron chi connectivity index (χ4n) is 2.47. The molecular formula is C19H23NO6. The molecule has 140 valence electrons. The lowest BCUT2D eigenvalue weighted by molar-refractivity contribution is -0.149. The van der Waals surface area contributed by atoms with Crippen LogP contribution in [0.4, 0.5) is 0 Å². The van der Waals surface area contributed by atoms with Crippen LogP contribution in [0.5, 0.6) is 5.75 Å². The third-order valence-electron chi connectivity index (χ3n) is 4.21. The van der Waals surface area contributed by atoms with E-state index in [2.05, 4.69) is 5.32 Å². The molecule has 7 nitrogen and oxygen atoms in total. The van der Waals surface area contributed by atoms with E-state index in [4.69, 9.17) is 14.2 Å². The van der Waals surface area contributed by atoms with Crippen LogP contribution in [-0.2, 0) is 23.9 Å². The van der Waals surface area contributed by atoms with Crippen molar-refractivity contribution in [3.05, 3.63) is 35.4 Å². The van der Waals surface area contributed by atoms with Gasteiger partial charge in [-0.1, -0.05) is 38.5 Å². The molecule has 0 saturated heterocycles. The summed E-state index contributed by atoms with van der Waals surface area (Å²) < 4.78 is 15.2. The summed E-state index contributed by atoms with van der Waals surface area (Å²) in [5.74, 6) is -1.14. The summed E-state index contributed by atoms with van der Waals surface area (Å²) in [6.45, 7) is 3.33. The van der Waals surface area contributed by atoms with Crippen LogP contribution in [0.25, 0.3) is 6.08 Å². The fraction of sp³-hybridized carbons (Fsp3) is 0.421. The van der Waals surface area contributed by atoms with E-state index in [0.717, 1.165) is 5.56 Å². The third kappa shape index (κ3) is 4.84. The van der Waals surface area contributed by atoms with Gasteiger partial charge in [0.25, 0.3) is 5.91 Å². The standard InChI is InChI=1S/C19H23NO6/c1-4-12(2)17(19(23)24-3)20-16(21)11-26-18(22)14-9-13-7-5-6-8-15(13)25-10-14/h5-9,12,17H,4,10-11H2,1-3H3,(H,20,21)/t12-,17-/m0/s1. The Bertz CT molecular complexity index is 712. The van der Waals surface area contributed by atoms with Crippen LogP contribution in [0.2, 0.25) is 0 Å². The molecule has 0 saturated carbocycles. The van der Waals surface area contributed by atoms with Crippen molar-refractivity contribution in [2.45, 2.75) is 26.3 Å². The lowest BCUT2D eigenvalue weighted by atomic mass is 9.99. The Morgan fingerprint density at radius 1 is 1.27 bits per heavy atom. The van der Waals surface area contributed by atoms with Gasteiger partial charge in [-0.3, -0.25) is 4.79 Å². The number of benzene rings is 1. The lowest BCUT2D eigenvalue weighted by Crippen LogP contribution is -2.47. The van der Waals surface area contributed by atoms with Crippen LogP contribution in [0.15, 0.2) is 29.8 Å². The minimum absolute atomic E-state index is 0.0785. The molecule has 0 unspecified atom stereocenters. The van der Waals surface area contributed by atoms with E-state index in [1.54, 1.807) is 6.08 Å². The first kappa shape index (κ1) is 19.5. The number of carbonyl (C=O) groups is 3. The smallest absolute Gasteiger partial charge is 0.338 e. The largest absolute Gasteiger partial charge is 0.488 e.